The molecule has 2 fully saturated rings. The number of carbonyl (C=O) groups excluding carboxylic acids is 1. The number of carbonyl (C=O) groups is 2. The standard InChI is InChI=1S/C28H27F2N5O5/c1-15-3-6-35-20(12-17-14-34(7-8-40-17)27(38)39-2)24(33-22(35)9-15)23-18(29)10-16(11-19(23)30)25-31-13-21(32-25)28(4-5-28)26(36)37/h3,6,9-11,13,17H,4-5,7-8,12,14H2,1-2H3,(H,31,32)(H,36,37)/t17-/m0/s1. The number of ether oxygens (including phenoxy) is 2. The number of methoxy groups -OCH3 is 1. The van der Waals surface area contributed by atoms with Crippen molar-refractivity contribution in [3.63, 3.8) is 0 Å². The lowest BCUT2D eigenvalue weighted by atomic mass is 10.0. The number of aromatic amines is 1. The molecule has 1 atom stereocenters. The van der Waals surface area contributed by atoms with Gasteiger partial charge in [0.15, 0.2) is 0 Å². The molecule has 10 nitrogen and oxygen atoms in total. The number of amides is 1. The third kappa shape index (κ3) is 4.37. The van der Waals surface area contributed by atoms with Gasteiger partial charge in [-0.3, -0.25) is 4.79 Å². The van der Waals surface area contributed by atoms with Crippen LogP contribution in [0.1, 0.15) is 29.8 Å². The molecule has 6 rings (SSSR count). The molecule has 1 saturated carbocycles. The number of pyridine rings is 1. The number of carboxylic acid groups (broad SMARTS) is 1. The number of hydrogen-bond acceptors (Lipinski definition) is 6. The van der Waals surface area contributed by atoms with Crippen molar-refractivity contribution in [3.05, 3.63) is 65.2 Å². The lowest BCUT2D eigenvalue weighted by Crippen LogP contribution is -2.46. The van der Waals surface area contributed by atoms with Crippen LogP contribution in [0.25, 0.3) is 28.3 Å². The molecule has 2 N–H and O–H groups in total. The minimum Gasteiger partial charge on any atom is -0.481 e. The zero-order valence-corrected chi connectivity index (χ0v) is 21.9. The largest absolute Gasteiger partial charge is 0.481 e. The van der Waals surface area contributed by atoms with E-state index in [4.69, 9.17) is 9.47 Å². The van der Waals surface area contributed by atoms with Gasteiger partial charge in [0.1, 0.15) is 28.5 Å². The molecule has 1 saturated heterocycles. The first-order chi connectivity index (χ1) is 19.2. The molecular weight excluding hydrogens is 524 g/mol. The van der Waals surface area contributed by atoms with Gasteiger partial charge < -0.3 is 28.9 Å². The molecule has 4 aromatic rings. The Morgan fingerprint density at radius 3 is 2.65 bits per heavy atom. The number of aromatic nitrogens is 4. The van der Waals surface area contributed by atoms with Gasteiger partial charge in [-0.1, -0.05) is 0 Å². The zero-order chi connectivity index (χ0) is 28.2. The molecule has 1 aromatic carbocycles. The number of H-pyrrole nitrogens is 1. The summed E-state index contributed by atoms with van der Waals surface area (Å²) in [4.78, 5) is 37.1. The molecule has 1 amide bonds. The summed E-state index contributed by atoms with van der Waals surface area (Å²) < 4.78 is 43.9. The zero-order valence-electron chi connectivity index (χ0n) is 21.9. The van der Waals surface area contributed by atoms with E-state index in [0.29, 0.717) is 43.0 Å². The van der Waals surface area contributed by atoms with Crippen molar-refractivity contribution < 1.29 is 33.0 Å². The van der Waals surface area contributed by atoms with Gasteiger partial charge in [-0.05, 0) is 49.6 Å². The van der Waals surface area contributed by atoms with Crippen molar-refractivity contribution in [2.75, 3.05) is 26.8 Å². The number of nitrogens with one attached hydrogen (secondary N) is 1. The molecule has 1 aliphatic heterocycles. The van der Waals surface area contributed by atoms with E-state index in [2.05, 4.69) is 15.0 Å². The van der Waals surface area contributed by atoms with Crippen LogP contribution in [0.4, 0.5) is 13.6 Å². The van der Waals surface area contributed by atoms with Gasteiger partial charge >= 0.3 is 12.1 Å². The second kappa shape index (κ2) is 9.70. The lowest BCUT2D eigenvalue weighted by molar-refractivity contribution is -0.140. The second-order valence-corrected chi connectivity index (χ2v) is 10.3. The maximum atomic E-state index is 15.7. The molecule has 40 heavy (non-hydrogen) atoms. The maximum Gasteiger partial charge on any atom is 0.409 e. The summed E-state index contributed by atoms with van der Waals surface area (Å²) in [6.07, 6.45) is 3.54. The van der Waals surface area contributed by atoms with Crippen LogP contribution in [-0.4, -0.2) is 74.3 Å². The third-order valence-electron chi connectivity index (χ3n) is 7.65. The quantitative estimate of drug-likeness (QED) is 0.370. The molecule has 12 heteroatoms. The van der Waals surface area contributed by atoms with E-state index in [1.165, 1.54) is 18.2 Å². The van der Waals surface area contributed by atoms with Gasteiger partial charge in [-0.2, -0.15) is 0 Å². The predicted octanol–water partition coefficient (Wildman–Crippen LogP) is 4.10. The predicted molar refractivity (Wildman–Crippen MR) is 139 cm³/mol. The number of hydrogen-bond donors (Lipinski definition) is 2. The minimum absolute atomic E-state index is 0.133. The highest BCUT2D eigenvalue weighted by Gasteiger charge is 2.53. The number of rotatable bonds is 6. The molecule has 0 spiro atoms. The van der Waals surface area contributed by atoms with Crippen LogP contribution in [0.3, 0.4) is 0 Å². The molecule has 0 bridgehead atoms. The highest BCUT2D eigenvalue weighted by atomic mass is 19.1. The van der Waals surface area contributed by atoms with Crippen LogP contribution in [0.2, 0.25) is 0 Å². The van der Waals surface area contributed by atoms with Crippen molar-refractivity contribution in [2.45, 2.75) is 37.7 Å². The van der Waals surface area contributed by atoms with Crippen molar-refractivity contribution in [3.8, 4) is 22.6 Å². The number of carboxylic acids is 1. The third-order valence-corrected chi connectivity index (χ3v) is 7.65. The molecule has 2 aliphatic rings. The normalized spacial score (nSPS) is 18.2. The lowest BCUT2D eigenvalue weighted by Gasteiger charge is -2.32. The Bertz CT molecular complexity index is 1620. The molecule has 4 heterocycles. The molecule has 0 unspecified atom stereocenters. The van der Waals surface area contributed by atoms with Crippen molar-refractivity contribution in [1.29, 1.82) is 0 Å². The van der Waals surface area contributed by atoms with Crippen molar-refractivity contribution >= 4 is 17.7 Å². The number of aryl methyl sites for hydroxylation is 1. The van der Waals surface area contributed by atoms with Crippen LogP contribution in [0.5, 0.6) is 0 Å². The summed E-state index contributed by atoms with van der Waals surface area (Å²) in [5.74, 6) is -2.47. The van der Waals surface area contributed by atoms with Crippen molar-refractivity contribution in [1.82, 2.24) is 24.3 Å². The summed E-state index contributed by atoms with van der Waals surface area (Å²) >= 11 is 0. The van der Waals surface area contributed by atoms with Gasteiger partial charge in [0.2, 0.25) is 0 Å². The SMILES string of the molecule is COC(=O)N1CCO[C@@H](Cc2c(-c3c(F)cc(-c4nc(C5(C(=O)O)CC5)c[nH]4)cc3F)nc3cc(C)ccn23)C1. The van der Waals surface area contributed by atoms with E-state index in [9.17, 15) is 14.7 Å². The van der Waals surface area contributed by atoms with Gasteiger partial charge in [-0.15, -0.1) is 0 Å². The second-order valence-electron chi connectivity index (χ2n) is 10.3. The molecule has 208 valence electrons. The van der Waals surface area contributed by atoms with E-state index in [0.717, 1.165) is 17.7 Å². The van der Waals surface area contributed by atoms with Crippen LogP contribution in [-0.2, 0) is 26.1 Å². The summed E-state index contributed by atoms with van der Waals surface area (Å²) in [6, 6.07) is 6.02. The Morgan fingerprint density at radius 2 is 1.98 bits per heavy atom. The number of imidazole rings is 2. The Hall–Kier alpha value is -4.32. The van der Waals surface area contributed by atoms with Gasteiger partial charge in [0, 0.05) is 30.9 Å². The average molecular weight is 552 g/mol. The van der Waals surface area contributed by atoms with Crippen LogP contribution in [0.15, 0.2) is 36.7 Å². The van der Waals surface area contributed by atoms with E-state index in [1.54, 1.807) is 10.6 Å². The fraction of sp³-hybridized carbons (Fsp3) is 0.357. The first kappa shape index (κ1) is 25.9. The highest BCUT2D eigenvalue weighted by Crippen LogP contribution is 2.48. The van der Waals surface area contributed by atoms with Crippen molar-refractivity contribution in [2.24, 2.45) is 0 Å². The summed E-state index contributed by atoms with van der Waals surface area (Å²) in [5, 5.41) is 9.55. The minimum atomic E-state index is -1.04. The molecule has 1 aliphatic carbocycles. The monoisotopic (exact) mass is 551 g/mol. The first-order valence-corrected chi connectivity index (χ1v) is 12.9. The first-order valence-electron chi connectivity index (χ1n) is 12.9. The Balaban J connectivity index is 1.38. The molecular formula is C28H27F2N5O5. The maximum absolute atomic E-state index is 15.7. The Kier molecular flexibility index (Phi) is 6.29. The molecule has 0 radical (unpaired) electrons. The van der Waals surface area contributed by atoms with Gasteiger partial charge in [-0.25, -0.2) is 23.5 Å². The van der Waals surface area contributed by atoms with E-state index in [-0.39, 0.29) is 35.6 Å². The van der Waals surface area contributed by atoms with Gasteiger partial charge in [0.25, 0.3) is 0 Å². The molecule has 3 aromatic heterocycles. The summed E-state index contributed by atoms with van der Waals surface area (Å²) in [5.41, 5.74) is 1.28. The van der Waals surface area contributed by atoms with E-state index >= 15 is 8.78 Å². The number of nitrogens with zero attached hydrogens (tertiary/aromatic N) is 4. The van der Waals surface area contributed by atoms with Crippen LogP contribution < -0.4 is 0 Å². The van der Waals surface area contributed by atoms with E-state index < -0.39 is 35.2 Å². The number of morpholine rings is 1. The summed E-state index contributed by atoms with van der Waals surface area (Å²) in [6.45, 7) is 2.84. The number of aliphatic carboxylic acids is 1. The Labute approximate surface area is 227 Å². The number of benzene rings is 1. The van der Waals surface area contributed by atoms with Crippen LogP contribution in [0, 0.1) is 18.6 Å². The number of halogens is 2. The van der Waals surface area contributed by atoms with Crippen LogP contribution >= 0.6 is 0 Å². The Morgan fingerprint density at radius 1 is 1.23 bits per heavy atom. The number of fused-ring (bicyclic) bond motifs is 1. The average Bonchev–Trinajstić information content (AvgIpc) is 3.48. The highest BCUT2D eigenvalue weighted by molar-refractivity contribution is 5.84. The van der Waals surface area contributed by atoms with E-state index in [1.807, 2.05) is 19.1 Å². The van der Waals surface area contributed by atoms with Gasteiger partial charge in [0.05, 0.1) is 49.0 Å². The topological polar surface area (TPSA) is 122 Å². The fourth-order valence-electron chi connectivity index (χ4n) is 5.30. The fourth-order valence-corrected chi connectivity index (χ4v) is 5.30. The smallest absolute Gasteiger partial charge is 0.409 e. The summed E-state index contributed by atoms with van der Waals surface area (Å²) in [7, 11) is 1.31.